The van der Waals surface area contributed by atoms with Crippen molar-refractivity contribution < 1.29 is 5.11 Å². The van der Waals surface area contributed by atoms with Crippen molar-refractivity contribution >= 4 is 0 Å². The van der Waals surface area contributed by atoms with Crippen molar-refractivity contribution in [1.82, 2.24) is 10.2 Å². The molecular weight excluding hydrogens is 236 g/mol. The molecule has 0 bridgehead atoms. The minimum absolute atomic E-state index is 0.0620. The Labute approximate surface area is 117 Å². The first-order chi connectivity index (χ1) is 9.22. The molecule has 3 rings (SSSR count). The monoisotopic (exact) mass is 266 g/mol. The van der Waals surface area contributed by atoms with E-state index in [1.165, 1.54) is 64.6 Å². The van der Waals surface area contributed by atoms with Crippen LogP contribution >= 0.6 is 0 Å². The molecule has 3 unspecified atom stereocenters. The van der Waals surface area contributed by atoms with E-state index in [4.69, 9.17) is 0 Å². The summed E-state index contributed by atoms with van der Waals surface area (Å²) in [5.41, 5.74) is 0.0620. The fourth-order valence-electron chi connectivity index (χ4n) is 4.21. The topological polar surface area (TPSA) is 35.5 Å². The zero-order valence-electron chi connectivity index (χ0n) is 12.4. The zero-order valence-corrected chi connectivity index (χ0v) is 12.4. The maximum Gasteiger partial charge on any atom is 0.0616 e. The third kappa shape index (κ3) is 3.14. The Morgan fingerprint density at radius 1 is 1.26 bits per heavy atom. The van der Waals surface area contributed by atoms with Crippen LogP contribution in [-0.2, 0) is 0 Å². The van der Waals surface area contributed by atoms with Gasteiger partial charge in [0.05, 0.1) is 6.61 Å². The molecule has 0 aromatic heterocycles. The molecule has 0 amide bonds. The Hall–Kier alpha value is -0.120. The van der Waals surface area contributed by atoms with Crippen molar-refractivity contribution in [3.05, 3.63) is 0 Å². The Morgan fingerprint density at radius 2 is 2.11 bits per heavy atom. The van der Waals surface area contributed by atoms with Gasteiger partial charge in [0.2, 0.25) is 0 Å². The molecule has 0 spiro atoms. The highest BCUT2D eigenvalue weighted by Gasteiger charge is 2.45. The van der Waals surface area contributed by atoms with Crippen LogP contribution in [-0.4, -0.2) is 47.8 Å². The van der Waals surface area contributed by atoms with Gasteiger partial charge in [-0.3, -0.25) is 0 Å². The van der Waals surface area contributed by atoms with Gasteiger partial charge in [0, 0.05) is 18.1 Å². The number of aliphatic hydroxyl groups is 1. The predicted molar refractivity (Wildman–Crippen MR) is 78.2 cm³/mol. The van der Waals surface area contributed by atoms with Gasteiger partial charge in [-0.15, -0.1) is 0 Å². The summed E-state index contributed by atoms with van der Waals surface area (Å²) in [5.74, 6) is 1.57. The van der Waals surface area contributed by atoms with Gasteiger partial charge < -0.3 is 15.3 Å². The lowest BCUT2D eigenvalue weighted by atomic mass is 9.85. The average molecular weight is 266 g/mol. The third-order valence-corrected chi connectivity index (χ3v) is 5.61. The lowest BCUT2D eigenvalue weighted by Crippen LogP contribution is -2.53. The molecule has 0 aromatic carbocycles. The fourth-order valence-corrected chi connectivity index (χ4v) is 4.21. The highest BCUT2D eigenvalue weighted by molar-refractivity contribution is 5.03. The van der Waals surface area contributed by atoms with E-state index in [-0.39, 0.29) is 5.54 Å². The summed E-state index contributed by atoms with van der Waals surface area (Å²) in [6.45, 7) is 6.51. The maximum absolute atomic E-state index is 9.92. The second kappa shape index (κ2) is 5.71. The normalized spacial score (nSPS) is 40.1. The van der Waals surface area contributed by atoms with Crippen molar-refractivity contribution in [3.8, 4) is 0 Å². The molecule has 110 valence electrons. The van der Waals surface area contributed by atoms with E-state index in [1.54, 1.807) is 0 Å². The SMILES string of the molecule is CC1CCN(CCC2CCCC2(CO)NC2CC2)C1. The molecule has 3 nitrogen and oxygen atoms in total. The molecule has 19 heavy (non-hydrogen) atoms. The zero-order chi connectivity index (χ0) is 13.3. The van der Waals surface area contributed by atoms with Crippen LogP contribution in [0.4, 0.5) is 0 Å². The molecule has 3 aliphatic rings. The van der Waals surface area contributed by atoms with Gasteiger partial charge in [-0.25, -0.2) is 0 Å². The molecular formula is C16H30N2O. The largest absolute Gasteiger partial charge is 0.394 e. The molecule has 3 fully saturated rings. The van der Waals surface area contributed by atoms with E-state index >= 15 is 0 Å². The molecule has 3 atom stereocenters. The van der Waals surface area contributed by atoms with Gasteiger partial charge in [0.1, 0.15) is 0 Å². The van der Waals surface area contributed by atoms with Gasteiger partial charge in [-0.05, 0) is 63.5 Å². The number of hydrogen-bond acceptors (Lipinski definition) is 3. The van der Waals surface area contributed by atoms with E-state index in [0.717, 1.165) is 5.92 Å². The van der Waals surface area contributed by atoms with Crippen LogP contribution in [0.25, 0.3) is 0 Å². The van der Waals surface area contributed by atoms with Crippen LogP contribution in [0.5, 0.6) is 0 Å². The molecule has 1 saturated heterocycles. The summed E-state index contributed by atoms with van der Waals surface area (Å²) in [4.78, 5) is 2.63. The first-order valence-electron chi connectivity index (χ1n) is 8.33. The van der Waals surface area contributed by atoms with Crippen LogP contribution in [0.2, 0.25) is 0 Å². The first-order valence-corrected chi connectivity index (χ1v) is 8.33. The number of nitrogens with zero attached hydrogens (tertiary/aromatic N) is 1. The average Bonchev–Trinajstić information content (AvgIpc) is 2.97. The highest BCUT2D eigenvalue weighted by atomic mass is 16.3. The second-order valence-electron chi connectivity index (χ2n) is 7.31. The van der Waals surface area contributed by atoms with Crippen LogP contribution in [0.1, 0.15) is 51.9 Å². The van der Waals surface area contributed by atoms with Crippen LogP contribution < -0.4 is 5.32 Å². The van der Waals surface area contributed by atoms with Gasteiger partial charge in [0.25, 0.3) is 0 Å². The van der Waals surface area contributed by atoms with Gasteiger partial charge in [-0.2, -0.15) is 0 Å². The molecule has 1 heterocycles. The van der Waals surface area contributed by atoms with E-state index in [1.807, 2.05) is 0 Å². The van der Waals surface area contributed by atoms with Crippen LogP contribution in [0.15, 0.2) is 0 Å². The Bertz CT molecular complexity index is 305. The molecule has 0 aromatic rings. The quantitative estimate of drug-likeness (QED) is 0.772. The lowest BCUT2D eigenvalue weighted by molar-refractivity contribution is 0.111. The third-order valence-electron chi connectivity index (χ3n) is 5.61. The van der Waals surface area contributed by atoms with Crippen molar-refractivity contribution in [2.45, 2.75) is 63.5 Å². The standard InChI is InChI=1S/C16H30N2O/c1-13-6-9-18(11-13)10-7-14-3-2-8-16(14,12-19)17-15-4-5-15/h13-15,17,19H,2-12H2,1H3. The van der Waals surface area contributed by atoms with Crippen molar-refractivity contribution in [2.75, 3.05) is 26.2 Å². The van der Waals surface area contributed by atoms with Gasteiger partial charge in [-0.1, -0.05) is 13.3 Å². The lowest BCUT2D eigenvalue weighted by Gasteiger charge is -2.36. The van der Waals surface area contributed by atoms with E-state index in [0.29, 0.717) is 18.6 Å². The predicted octanol–water partition coefficient (Wildman–Crippen LogP) is 2.00. The number of rotatable bonds is 6. The van der Waals surface area contributed by atoms with E-state index in [9.17, 15) is 5.11 Å². The van der Waals surface area contributed by atoms with E-state index in [2.05, 4.69) is 17.1 Å². The summed E-state index contributed by atoms with van der Waals surface area (Å²) in [5, 5.41) is 13.7. The number of hydrogen-bond donors (Lipinski definition) is 2. The summed E-state index contributed by atoms with van der Waals surface area (Å²) in [6.07, 6.45) is 9.06. The molecule has 2 N–H and O–H groups in total. The smallest absolute Gasteiger partial charge is 0.0616 e. The minimum Gasteiger partial charge on any atom is -0.394 e. The molecule has 2 saturated carbocycles. The number of aliphatic hydroxyl groups excluding tert-OH is 1. The first kappa shape index (κ1) is 13.8. The van der Waals surface area contributed by atoms with Gasteiger partial charge >= 0.3 is 0 Å². The van der Waals surface area contributed by atoms with E-state index < -0.39 is 0 Å². The Balaban J connectivity index is 1.52. The molecule has 3 heteroatoms. The number of nitrogens with one attached hydrogen (secondary N) is 1. The maximum atomic E-state index is 9.92. The molecule has 2 aliphatic carbocycles. The highest BCUT2D eigenvalue weighted by Crippen LogP contribution is 2.40. The Kier molecular flexibility index (Phi) is 4.16. The Morgan fingerprint density at radius 3 is 2.74 bits per heavy atom. The fraction of sp³-hybridized carbons (Fsp3) is 1.00. The summed E-state index contributed by atoms with van der Waals surface area (Å²) >= 11 is 0. The molecule has 1 aliphatic heterocycles. The van der Waals surface area contributed by atoms with Crippen molar-refractivity contribution in [1.29, 1.82) is 0 Å². The molecule has 0 radical (unpaired) electrons. The number of likely N-dealkylation sites (tertiary alicyclic amines) is 1. The summed E-state index contributed by atoms with van der Waals surface area (Å²) in [6, 6.07) is 0.708. The van der Waals surface area contributed by atoms with Gasteiger partial charge in [0.15, 0.2) is 0 Å². The second-order valence-corrected chi connectivity index (χ2v) is 7.31. The van der Waals surface area contributed by atoms with Crippen LogP contribution in [0.3, 0.4) is 0 Å². The van der Waals surface area contributed by atoms with Crippen LogP contribution in [0, 0.1) is 11.8 Å². The summed E-state index contributed by atoms with van der Waals surface area (Å²) < 4.78 is 0. The van der Waals surface area contributed by atoms with Crippen molar-refractivity contribution in [2.24, 2.45) is 11.8 Å². The minimum atomic E-state index is 0.0620. The summed E-state index contributed by atoms with van der Waals surface area (Å²) in [7, 11) is 0. The van der Waals surface area contributed by atoms with Crippen molar-refractivity contribution in [3.63, 3.8) is 0 Å².